The van der Waals surface area contributed by atoms with Gasteiger partial charge in [-0.3, -0.25) is 9.59 Å². The van der Waals surface area contributed by atoms with Crippen LogP contribution in [0.5, 0.6) is 0 Å². The number of nitriles is 1. The summed E-state index contributed by atoms with van der Waals surface area (Å²) in [5.74, 6) is 0.0930. The summed E-state index contributed by atoms with van der Waals surface area (Å²) in [6.07, 6.45) is 0. The van der Waals surface area contributed by atoms with Crippen molar-refractivity contribution in [3.63, 3.8) is 0 Å². The lowest BCUT2D eigenvalue weighted by atomic mass is 9.93. The minimum absolute atomic E-state index is 0.00312. The number of thioether (sulfide) groups is 2. The fourth-order valence-electron chi connectivity index (χ4n) is 2.35. The maximum absolute atomic E-state index is 12.2. The van der Waals surface area contributed by atoms with E-state index in [0.717, 1.165) is 11.8 Å². The number of carbonyl (C=O) groups is 2. The Kier molecular flexibility index (Phi) is 3.50. The fourth-order valence-corrected chi connectivity index (χ4v) is 5.48. The van der Waals surface area contributed by atoms with Gasteiger partial charge in [0.05, 0.1) is 11.8 Å². The van der Waals surface area contributed by atoms with Gasteiger partial charge in [-0.15, -0.1) is 11.8 Å². The molecule has 0 saturated carbocycles. The number of β-lactam (4-membered cyclic amide) rings is 1. The summed E-state index contributed by atoms with van der Waals surface area (Å²) in [4.78, 5) is 25.9. The molecule has 1 unspecified atom stereocenters. The molecule has 0 aromatic heterocycles. The van der Waals surface area contributed by atoms with E-state index < -0.39 is 10.4 Å². The van der Waals surface area contributed by atoms with Crippen LogP contribution in [-0.4, -0.2) is 42.2 Å². The van der Waals surface area contributed by atoms with Gasteiger partial charge in [0.25, 0.3) is 0 Å². The molecule has 18 heavy (non-hydrogen) atoms. The van der Waals surface area contributed by atoms with Gasteiger partial charge in [-0.2, -0.15) is 5.26 Å². The van der Waals surface area contributed by atoms with Gasteiger partial charge in [-0.25, -0.2) is 0 Å². The van der Waals surface area contributed by atoms with Gasteiger partial charge in [-0.1, -0.05) is 27.7 Å². The molecule has 4 nitrogen and oxygen atoms in total. The standard InChI is InChI=1S/C11H13BrN2O2S2/c1-10(2)6(7(15)17-5-4-13)14-8(16)11(3,12)9(14)18-10/h6,9H,5H2,1-3H3/t6-,9+,11?/m0/s1. The van der Waals surface area contributed by atoms with E-state index in [0.29, 0.717) is 0 Å². The lowest BCUT2D eigenvalue weighted by Crippen LogP contribution is -2.69. The molecular formula is C11H13BrN2O2S2. The molecule has 0 bridgehead atoms. The zero-order valence-corrected chi connectivity index (χ0v) is 13.5. The molecule has 0 radical (unpaired) electrons. The Labute approximate surface area is 123 Å². The number of alkyl halides is 1. The molecule has 0 aromatic rings. The molecule has 98 valence electrons. The molecule has 0 spiro atoms. The number of hydrogen-bond acceptors (Lipinski definition) is 5. The van der Waals surface area contributed by atoms with Gasteiger partial charge in [0, 0.05) is 4.75 Å². The van der Waals surface area contributed by atoms with Crippen LogP contribution in [0.25, 0.3) is 0 Å². The number of nitrogens with zero attached hydrogens (tertiary/aromatic N) is 2. The molecule has 2 aliphatic heterocycles. The third-order valence-electron chi connectivity index (χ3n) is 3.22. The molecule has 2 rings (SSSR count). The lowest BCUT2D eigenvalue weighted by molar-refractivity contribution is -0.150. The highest BCUT2D eigenvalue weighted by atomic mass is 79.9. The highest BCUT2D eigenvalue weighted by molar-refractivity contribution is 9.10. The van der Waals surface area contributed by atoms with Crippen LogP contribution in [0.1, 0.15) is 20.8 Å². The second kappa shape index (κ2) is 4.43. The van der Waals surface area contributed by atoms with Crippen molar-refractivity contribution in [1.29, 1.82) is 5.26 Å². The van der Waals surface area contributed by atoms with Gasteiger partial charge < -0.3 is 4.90 Å². The van der Waals surface area contributed by atoms with Crippen molar-refractivity contribution in [3.05, 3.63) is 0 Å². The minimum atomic E-state index is -0.566. The highest BCUT2D eigenvalue weighted by Crippen LogP contribution is 2.58. The third kappa shape index (κ3) is 1.89. The Bertz CT molecular complexity index is 458. The van der Waals surface area contributed by atoms with Crippen LogP contribution >= 0.6 is 39.5 Å². The topological polar surface area (TPSA) is 61.2 Å². The SMILES string of the molecule is CC1(C)S[C@H]2N(C(=O)C2(C)Br)[C@H]1C(=O)SCC#N. The minimum Gasteiger partial charge on any atom is -0.315 e. The first-order chi connectivity index (χ1) is 8.23. The van der Waals surface area contributed by atoms with Gasteiger partial charge in [0.2, 0.25) is 11.0 Å². The Morgan fingerprint density at radius 3 is 2.78 bits per heavy atom. The van der Waals surface area contributed by atoms with E-state index in [1.165, 1.54) is 0 Å². The predicted octanol–water partition coefficient (Wildman–Crippen LogP) is 1.99. The molecule has 3 atom stereocenters. The maximum Gasteiger partial charge on any atom is 0.243 e. The number of carbonyl (C=O) groups excluding carboxylic acids is 2. The van der Waals surface area contributed by atoms with Crippen molar-refractivity contribution in [2.45, 2.75) is 41.3 Å². The summed E-state index contributed by atoms with van der Waals surface area (Å²) in [5.41, 5.74) is 0. The molecule has 2 aliphatic rings. The number of halogens is 1. The molecule has 2 saturated heterocycles. The fraction of sp³-hybridized carbons (Fsp3) is 0.727. The first-order valence-electron chi connectivity index (χ1n) is 5.46. The Balaban J connectivity index is 2.23. The van der Waals surface area contributed by atoms with Crippen LogP contribution in [0, 0.1) is 11.3 Å². The summed E-state index contributed by atoms with van der Waals surface area (Å²) in [7, 11) is 0. The molecule has 1 amide bonds. The van der Waals surface area contributed by atoms with Crippen LogP contribution in [0.3, 0.4) is 0 Å². The van der Waals surface area contributed by atoms with Crippen molar-refractivity contribution in [2.24, 2.45) is 0 Å². The van der Waals surface area contributed by atoms with Gasteiger partial charge in [0.1, 0.15) is 15.7 Å². The monoisotopic (exact) mass is 348 g/mol. The summed E-state index contributed by atoms with van der Waals surface area (Å²) >= 11 is 6.07. The summed E-state index contributed by atoms with van der Waals surface area (Å²) < 4.78 is -0.880. The Morgan fingerprint density at radius 2 is 2.22 bits per heavy atom. The van der Waals surface area contributed by atoms with E-state index in [9.17, 15) is 9.59 Å². The first kappa shape index (κ1) is 14.2. The van der Waals surface area contributed by atoms with E-state index >= 15 is 0 Å². The predicted molar refractivity (Wildman–Crippen MR) is 76.5 cm³/mol. The average Bonchev–Trinajstić information content (AvgIpc) is 2.56. The first-order valence-corrected chi connectivity index (χ1v) is 8.12. The smallest absolute Gasteiger partial charge is 0.243 e. The van der Waals surface area contributed by atoms with Crippen LogP contribution in [0.15, 0.2) is 0 Å². The second-order valence-corrected chi connectivity index (χ2v) is 9.39. The number of fused-ring (bicyclic) bond motifs is 1. The van der Waals surface area contributed by atoms with Crippen molar-refractivity contribution in [1.82, 2.24) is 4.90 Å². The van der Waals surface area contributed by atoms with Crippen molar-refractivity contribution < 1.29 is 9.59 Å². The van der Waals surface area contributed by atoms with Crippen LogP contribution in [0.2, 0.25) is 0 Å². The quantitative estimate of drug-likeness (QED) is 0.564. The van der Waals surface area contributed by atoms with Crippen LogP contribution in [-0.2, 0) is 9.59 Å². The van der Waals surface area contributed by atoms with E-state index in [4.69, 9.17) is 5.26 Å². The number of amides is 1. The maximum atomic E-state index is 12.2. The molecule has 7 heteroatoms. The number of hydrogen-bond donors (Lipinski definition) is 0. The zero-order chi connectivity index (χ0) is 13.7. The summed E-state index contributed by atoms with van der Waals surface area (Å²) in [6.45, 7) is 5.79. The lowest BCUT2D eigenvalue weighted by Gasteiger charge is -2.48. The molecular weight excluding hydrogens is 336 g/mol. The number of rotatable bonds is 2. The van der Waals surface area contributed by atoms with Crippen molar-refractivity contribution in [3.8, 4) is 6.07 Å². The van der Waals surface area contributed by atoms with Gasteiger partial charge in [-0.05, 0) is 20.8 Å². The van der Waals surface area contributed by atoms with Gasteiger partial charge >= 0.3 is 0 Å². The Morgan fingerprint density at radius 1 is 1.61 bits per heavy atom. The largest absolute Gasteiger partial charge is 0.315 e. The zero-order valence-electron chi connectivity index (χ0n) is 10.3. The molecule has 0 aromatic carbocycles. The van der Waals surface area contributed by atoms with Crippen molar-refractivity contribution >= 4 is 50.5 Å². The molecule has 0 aliphatic carbocycles. The van der Waals surface area contributed by atoms with E-state index in [-0.39, 0.29) is 26.9 Å². The second-order valence-electron chi connectivity index (χ2n) is 5.03. The summed E-state index contributed by atoms with van der Waals surface area (Å²) in [6, 6.07) is 1.50. The van der Waals surface area contributed by atoms with Gasteiger partial charge in [0.15, 0.2) is 0 Å². The third-order valence-corrected chi connectivity index (χ3v) is 6.83. The highest BCUT2D eigenvalue weighted by Gasteiger charge is 2.68. The average molecular weight is 349 g/mol. The normalized spacial score (nSPS) is 36.8. The van der Waals surface area contributed by atoms with Crippen molar-refractivity contribution in [2.75, 3.05) is 5.75 Å². The molecule has 2 fully saturated rings. The van der Waals surface area contributed by atoms with Crippen LogP contribution < -0.4 is 0 Å². The Hall–Kier alpha value is -0.190. The van der Waals surface area contributed by atoms with Crippen LogP contribution in [0.4, 0.5) is 0 Å². The van der Waals surface area contributed by atoms with E-state index in [1.54, 1.807) is 16.7 Å². The summed E-state index contributed by atoms with van der Waals surface area (Å²) in [5, 5.41) is 8.45. The van der Waals surface area contributed by atoms with E-state index in [1.807, 2.05) is 26.8 Å². The molecule has 2 heterocycles. The van der Waals surface area contributed by atoms with E-state index in [2.05, 4.69) is 15.9 Å². The molecule has 0 N–H and O–H groups in total.